The lowest BCUT2D eigenvalue weighted by Crippen LogP contribution is -2.43. The summed E-state index contributed by atoms with van der Waals surface area (Å²) in [4.78, 5) is 37.6. The second-order valence-corrected chi connectivity index (χ2v) is 12.1. The van der Waals surface area contributed by atoms with Crippen molar-refractivity contribution in [1.29, 1.82) is 0 Å². The number of aromatic carboxylic acids is 1. The number of nitrogens with zero attached hydrogens (tertiary/aromatic N) is 4. The van der Waals surface area contributed by atoms with Crippen LogP contribution < -0.4 is 26.3 Å². The molecule has 45 heavy (non-hydrogen) atoms. The van der Waals surface area contributed by atoms with Gasteiger partial charge in [-0.3, -0.25) is 14.9 Å². The molecule has 2 aromatic heterocycles. The van der Waals surface area contributed by atoms with Crippen molar-refractivity contribution >= 4 is 34.3 Å². The molecule has 3 aromatic rings. The molecule has 1 aliphatic heterocycles. The summed E-state index contributed by atoms with van der Waals surface area (Å²) in [5.41, 5.74) is 0.159. The molecule has 5 rings (SSSR count). The molecule has 3 heterocycles. The number of carboxylic acid groups (broad SMARTS) is 1. The Bertz CT molecular complexity index is 1580. The van der Waals surface area contributed by atoms with Gasteiger partial charge in [0, 0.05) is 63.1 Å². The van der Waals surface area contributed by atoms with Gasteiger partial charge in [-0.15, -0.1) is 0 Å². The van der Waals surface area contributed by atoms with Gasteiger partial charge in [0.1, 0.15) is 22.9 Å². The summed E-state index contributed by atoms with van der Waals surface area (Å²) in [7, 11) is 5.64. The number of nitro groups is 1. The quantitative estimate of drug-likeness (QED) is 0.123. The van der Waals surface area contributed by atoms with Crippen molar-refractivity contribution in [1.82, 2.24) is 25.4 Å². The van der Waals surface area contributed by atoms with E-state index in [1.165, 1.54) is 12.3 Å². The molecule has 15 heteroatoms. The molecule has 1 saturated carbocycles. The molecule has 4 N–H and O–H groups in total. The van der Waals surface area contributed by atoms with E-state index in [1.807, 2.05) is 35.7 Å². The first-order valence-electron chi connectivity index (χ1n) is 14.7. The number of pyridine rings is 1. The molecule has 0 unspecified atom stereocenters. The zero-order valence-corrected chi connectivity index (χ0v) is 26.5. The van der Waals surface area contributed by atoms with Gasteiger partial charge in [-0.2, -0.15) is 11.8 Å². The minimum absolute atomic E-state index is 0.137. The average Bonchev–Trinajstić information content (AvgIpc) is 3.75. The molecule has 1 saturated heterocycles. The Morgan fingerprint density at radius 2 is 1.98 bits per heavy atom. The van der Waals surface area contributed by atoms with Crippen LogP contribution in [0.25, 0.3) is 10.9 Å². The number of fused-ring (bicyclic) bond motifs is 1. The second kappa shape index (κ2) is 15.8. The summed E-state index contributed by atoms with van der Waals surface area (Å²) in [5, 5.41) is 28.7. The molecule has 13 nitrogen and oxygen atoms in total. The molecule has 2 fully saturated rings. The monoisotopic (exact) mass is 645 g/mol. The Morgan fingerprint density at radius 3 is 2.60 bits per heavy atom. The maximum absolute atomic E-state index is 14.6. The highest BCUT2D eigenvalue weighted by Gasteiger charge is 2.28. The van der Waals surface area contributed by atoms with Crippen molar-refractivity contribution in [3.05, 3.63) is 85.7 Å². The Kier molecular flexibility index (Phi) is 11.8. The van der Waals surface area contributed by atoms with Crippen LogP contribution in [0.4, 0.5) is 10.1 Å². The van der Waals surface area contributed by atoms with Crippen molar-refractivity contribution in [2.75, 3.05) is 64.5 Å². The molecule has 0 radical (unpaired) electrons. The average molecular weight is 646 g/mol. The van der Waals surface area contributed by atoms with Crippen LogP contribution in [0.1, 0.15) is 40.8 Å². The number of hydrogen-bond donors (Lipinski definition) is 4. The lowest BCUT2D eigenvalue weighted by molar-refractivity contribution is -0.404. The fraction of sp³-hybridized carbons (Fsp3) is 0.467. The number of halogens is 1. The molecule has 0 spiro atoms. The maximum Gasteiger partial charge on any atom is 0.341 e. The molecule has 2 aliphatic rings. The first kappa shape index (κ1) is 33.8. The number of benzene rings is 1. The summed E-state index contributed by atoms with van der Waals surface area (Å²) >= 11 is 1.72. The zero-order valence-electron chi connectivity index (χ0n) is 25.7. The van der Waals surface area contributed by atoms with E-state index in [1.54, 1.807) is 24.9 Å². The number of piperazine rings is 1. The van der Waals surface area contributed by atoms with Gasteiger partial charge in [-0.05, 0) is 51.2 Å². The third kappa shape index (κ3) is 9.45. The standard InChI is InChI=1S/C17H18FN3O3.C13H22N4O3S/c18-13-7-11-14(8-15(13)20-5-3-19-4-6-20)21(10-1-2-10)9-12(16(11)22)17(23)24;1-14-13(9-17(18)19)15-6-7-21-10-12-5-4-11(20-12)8-16(2)3/h7-10,19H,1-6H2,(H,23,24);4-5,9,14-15H,6-8,10H2,1-3H3/b;13-9+. The molecular formula is C30H40FN7O6S. The van der Waals surface area contributed by atoms with Crippen molar-refractivity contribution < 1.29 is 23.6 Å². The van der Waals surface area contributed by atoms with Crippen LogP contribution in [0.2, 0.25) is 0 Å². The Hall–Kier alpha value is -4.08. The topological polar surface area (TPSA) is 158 Å². The van der Waals surface area contributed by atoms with E-state index in [0.717, 1.165) is 61.7 Å². The van der Waals surface area contributed by atoms with Crippen molar-refractivity contribution in [2.45, 2.75) is 31.2 Å². The number of carboxylic acids is 1. The fourth-order valence-electron chi connectivity index (χ4n) is 4.95. The van der Waals surface area contributed by atoms with Crippen LogP contribution in [0, 0.1) is 15.9 Å². The van der Waals surface area contributed by atoms with Crippen LogP contribution in [0.3, 0.4) is 0 Å². The van der Waals surface area contributed by atoms with E-state index in [0.29, 0.717) is 36.7 Å². The van der Waals surface area contributed by atoms with Gasteiger partial charge in [0.2, 0.25) is 5.43 Å². The van der Waals surface area contributed by atoms with Crippen LogP contribution in [0.15, 0.2) is 51.7 Å². The predicted molar refractivity (Wildman–Crippen MR) is 173 cm³/mol. The third-order valence-electron chi connectivity index (χ3n) is 7.23. The fourth-order valence-corrected chi connectivity index (χ4v) is 5.69. The molecule has 0 bridgehead atoms. The minimum atomic E-state index is -1.28. The lowest BCUT2D eigenvalue weighted by Gasteiger charge is -2.30. The first-order chi connectivity index (χ1) is 21.6. The van der Waals surface area contributed by atoms with Gasteiger partial charge in [0.15, 0.2) is 5.82 Å². The maximum atomic E-state index is 14.6. The summed E-state index contributed by atoms with van der Waals surface area (Å²) < 4.78 is 22.1. The Labute approximate surface area is 264 Å². The number of carbonyl (C=O) groups is 1. The van der Waals surface area contributed by atoms with Crippen molar-refractivity contribution in [3.63, 3.8) is 0 Å². The predicted octanol–water partition coefficient (Wildman–Crippen LogP) is 3.04. The summed E-state index contributed by atoms with van der Waals surface area (Å²) in [6, 6.07) is 7.06. The Balaban J connectivity index is 0.000000207. The van der Waals surface area contributed by atoms with E-state index < -0.39 is 22.1 Å². The van der Waals surface area contributed by atoms with E-state index in [-0.39, 0.29) is 17.0 Å². The largest absolute Gasteiger partial charge is 0.477 e. The minimum Gasteiger partial charge on any atom is -0.477 e. The number of aromatic nitrogens is 1. The number of anilines is 1. The number of furan rings is 1. The molecule has 1 aromatic carbocycles. The van der Waals surface area contributed by atoms with Crippen LogP contribution in [0.5, 0.6) is 0 Å². The normalized spacial score (nSPS) is 15.1. The van der Waals surface area contributed by atoms with E-state index in [4.69, 9.17) is 4.42 Å². The number of hydrogen-bond acceptors (Lipinski definition) is 11. The highest BCUT2D eigenvalue weighted by molar-refractivity contribution is 7.98. The van der Waals surface area contributed by atoms with Gasteiger partial charge < -0.3 is 39.8 Å². The van der Waals surface area contributed by atoms with Gasteiger partial charge in [0.05, 0.1) is 28.4 Å². The lowest BCUT2D eigenvalue weighted by atomic mass is 10.1. The van der Waals surface area contributed by atoms with Gasteiger partial charge in [-0.25, -0.2) is 9.18 Å². The first-order valence-corrected chi connectivity index (χ1v) is 15.9. The SMILES string of the molecule is CN/C(=C\[N+](=O)[O-])NCCSCc1ccc(CN(C)C)o1.O=C(O)c1cn(C2CC2)c2cc(N3CCNCC3)c(F)cc2c1=O. The number of rotatable bonds is 13. The van der Waals surface area contributed by atoms with Crippen molar-refractivity contribution in [3.8, 4) is 0 Å². The van der Waals surface area contributed by atoms with E-state index >= 15 is 0 Å². The number of nitrogens with one attached hydrogen (secondary N) is 3. The van der Waals surface area contributed by atoms with Crippen molar-refractivity contribution in [2.24, 2.45) is 0 Å². The van der Waals surface area contributed by atoms with E-state index in [9.17, 15) is 29.2 Å². The van der Waals surface area contributed by atoms with Gasteiger partial charge in [-0.1, -0.05) is 0 Å². The second-order valence-electron chi connectivity index (χ2n) is 11.0. The Morgan fingerprint density at radius 1 is 1.27 bits per heavy atom. The summed E-state index contributed by atoms with van der Waals surface area (Å²) in [5.74, 6) is 2.19. The molecule has 1 aliphatic carbocycles. The highest BCUT2D eigenvalue weighted by atomic mass is 32.2. The van der Waals surface area contributed by atoms with Crippen LogP contribution in [-0.2, 0) is 12.3 Å². The van der Waals surface area contributed by atoms with Gasteiger partial charge in [0.25, 0.3) is 6.20 Å². The summed E-state index contributed by atoms with van der Waals surface area (Å²) in [6.07, 6.45) is 4.21. The third-order valence-corrected chi connectivity index (χ3v) is 8.21. The summed E-state index contributed by atoms with van der Waals surface area (Å²) in [6.45, 7) is 4.40. The smallest absolute Gasteiger partial charge is 0.341 e. The number of thioether (sulfide) groups is 1. The molecular weight excluding hydrogens is 605 g/mol. The van der Waals surface area contributed by atoms with Crippen LogP contribution >= 0.6 is 11.8 Å². The molecule has 244 valence electrons. The van der Waals surface area contributed by atoms with E-state index in [2.05, 4.69) is 20.9 Å². The molecule has 0 atom stereocenters. The molecule has 0 amide bonds. The van der Waals surface area contributed by atoms with Crippen LogP contribution in [-0.4, -0.2) is 85.1 Å². The van der Waals surface area contributed by atoms with Gasteiger partial charge >= 0.3 is 5.97 Å². The zero-order chi connectivity index (χ0) is 32.5. The highest BCUT2D eigenvalue weighted by Crippen LogP contribution is 2.38.